The standard InChI is InChI=1S/C25H28F3N3O3/c1-2-3-15-34-21-9-7-19(8-10-21)31-23(32)17-22(24(31)33)30-13-11-29(12-14-30)20-6-4-5-18(16-20)25(26,27)28/h4-10,16,22H,2-3,11-15,17H2,1H3/p+1/t22-/m1/s1. The number of nitrogens with one attached hydrogen (secondary N) is 1. The second kappa shape index (κ2) is 10.0. The number of alkyl halides is 3. The third kappa shape index (κ3) is 5.19. The molecule has 0 aromatic heterocycles. The largest absolute Gasteiger partial charge is 0.494 e. The van der Waals surface area contributed by atoms with E-state index in [0.29, 0.717) is 49.9 Å². The molecule has 182 valence electrons. The molecule has 0 radical (unpaired) electrons. The molecule has 0 unspecified atom stereocenters. The molecule has 2 fully saturated rings. The Morgan fingerprint density at radius 1 is 1.03 bits per heavy atom. The SMILES string of the molecule is CCCCOc1ccc(N2C(=O)C[C@@H]([NH+]3CCN(c4cccc(C(F)(F)F)c4)CC3)C2=O)cc1. The Hall–Kier alpha value is -3.07. The first-order chi connectivity index (χ1) is 16.3. The van der Waals surface area contributed by atoms with Crippen LogP contribution in [0.25, 0.3) is 0 Å². The van der Waals surface area contributed by atoms with Crippen LogP contribution in [0.3, 0.4) is 0 Å². The highest BCUT2D eigenvalue weighted by atomic mass is 19.4. The number of ether oxygens (including phenoxy) is 1. The van der Waals surface area contributed by atoms with E-state index >= 15 is 0 Å². The number of hydrogen-bond acceptors (Lipinski definition) is 4. The van der Waals surface area contributed by atoms with Crippen LogP contribution in [0.15, 0.2) is 48.5 Å². The fourth-order valence-corrected chi connectivity index (χ4v) is 4.53. The van der Waals surface area contributed by atoms with Gasteiger partial charge in [-0.15, -0.1) is 0 Å². The van der Waals surface area contributed by atoms with Gasteiger partial charge in [0.05, 0.1) is 50.5 Å². The Balaban J connectivity index is 1.37. The van der Waals surface area contributed by atoms with Crippen LogP contribution in [0.1, 0.15) is 31.7 Å². The molecule has 9 heteroatoms. The van der Waals surface area contributed by atoms with Gasteiger partial charge in [-0.25, -0.2) is 4.90 Å². The van der Waals surface area contributed by atoms with Crippen LogP contribution in [0.2, 0.25) is 0 Å². The van der Waals surface area contributed by atoms with Crippen molar-refractivity contribution in [3.63, 3.8) is 0 Å². The van der Waals surface area contributed by atoms with Crippen LogP contribution < -0.4 is 19.4 Å². The lowest BCUT2D eigenvalue weighted by Crippen LogP contribution is -3.19. The molecule has 0 aliphatic carbocycles. The maximum Gasteiger partial charge on any atom is 0.416 e. The average Bonchev–Trinajstić information content (AvgIpc) is 3.13. The monoisotopic (exact) mass is 476 g/mol. The fourth-order valence-electron chi connectivity index (χ4n) is 4.53. The van der Waals surface area contributed by atoms with Crippen molar-refractivity contribution in [3.05, 3.63) is 54.1 Å². The van der Waals surface area contributed by atoms with E-state index in [2.05, 4.69) is 6.92 Å². The lowest BCUT2D eigenvalue weighted by molar-refractivity contribution is -0.915. The molecule has 2 aliphatic rings. The molecular formula is C25H29F3N3O3+. The summed E-state index contributed by atoms with van der Waals surface area (Å²) in [5, 5.41) is 0. The summed E-state index contributed by atoms with van der Waals surface area (Å²) < 4.78 is 44.8. The topological polar surface area (TPSA) is 54.3 Å². The second-order valence-corrected chi connectivity index (χ2v) is 8.71. The molecule has 0 saturated carbocycles. The van der Waals surface area contributed by atoms with Crippen LogP contribution in [0.5, 0.6) is 5.75 Å². The summed E-state index contributed by atoms with van der Waals surface area (Å²) in [6, 6.07) is 11.8. The van der Waals surface area contributed by atoms with Gasteiger partial charge in [0, 0.05) is 5.69 Å². The smallest absolute Gasteiger partial charge is 0.416 e. The quantitative estimate of drug-likeness (QED) is 0.493. The zero-order valence-corrected chi connectivity index (χ0v) is 19.1. The molecule has 6 nitrogen and oxygen atoms in total. The highest BCUT2D eigenvalue weighted by Gasteiger charge is 2.46. The van der Waals surface area contributed by atoms with E-state index in [-0.39, 0.29) is 18.2 Å². The first-order valence-corrected chi connectivity index (χ1v) is 11.6. The molecule has 2 heterocycles. The number of imide groups is 1. The first-order valence-electron chi connectivity index (χ1n) is 11.6. The van der Waals surface area contributed by atoms with Crippen LogP contribution in [0, 0.1) is 0 Å². The Bertz CT molecular complexity index is 1020. The number of amides is 2. The Kier molecular flexibility index (Phi) is 7.11. The predicted octanol–water partition coefficient (Wildman–Crippen LogP) is 2.92. The third-order valence-corrected chi connectivity index (χ3v) is 6.45. The summed E-state index contributed by atoms with van der Waals surface area (Å²) in [4.78, 5) is 30.0. The van der Waals surface area contributed by atoms with Crippen molar-refractivity contribution >= 4 is 23.2 Å². The zero-order chi connectivity index (χ0) is 24.3. The third-order valence-electron chi connectivity index (χ3n) is 6.45. The number of carbonyl (C=O) groups is 2. The zero-order valence-electron chi connectivity index (χ0n) is 19.1. The van der Waals surface area contributed by atoms with E-state index in [0.717, 1.165) is 29.9 Å². The summed E-state index contributed by atoms with van der Waals surface area (Å²) in [7, 11) is 0. The van der Waals surface area contributed by atoms with Crippen LogP contribution >= 0.6 is 0 Å². The van der Waals surface area contributed by atoms with Gasteiger partial charge in [0.25, 0.3) is 5.91 Å². The summed E-state index contributed by atoms with van der Waals surface area (Å²) in [5.41, 5.74) is 0.377. The Morgan fingerprint density at radius 3 is 2.38 bits per heavy atom. The van der Waals surface area contributed by atoms with Gasteiger partial charge in [0.15, 0.2) is 6.04 Å². The van der Waals surface area contributed by atoms with Crippen molar-refractivity contribution in [1.82, 2.24) is 0 Å². The molecule has 0 bridgehead atoms. The number of carbonyl (C=O) groups excluding carboxylic acids is 2. The van der Waals surface area contributed by atoms with E-state index in [9.17, 15) is 22.8 Å². The molecule has 2 amide bonds. The van der Waals surface area contributed by atoms with Gasteiger partial charge >= 0.3 is 6.18 Å². The lowest BCUT2D eigenvalue weighted by atomic mass is 10.1. The molecule has 1 atom stereocenters. The number of unbranched alkanes of at least 4 members (excludes halogenated alkanes) is 1. The van der Waals surface area contributed by atoms with E-state index in [1.165, 1.54) is 11.0 Å². The number of benzene rings is 2. The fraction of sp³-hybridized carbons (Fsp3) is 0.440. The maximum absolute atomic E-state index is 13.1. The summed E-state index contributed by atoms with van der Waals surface area (Å²) >= 11 is 0. The maximum atomic E-state index is 13.1. The number of rotatable bonds is 7. The predicted molar refractivity (Wildman–Crippen MR) is 122 cm³/mol. The molecule has 34 heavy (non-hydrogen) atoms. The number of quaternary nitrogens is 1. The van der Waals surface area contributed by atoms with Crippen molar-refractivity contribution in [3.8, 4) is 5.75 Å². The molecule has 4 rings (SSSR count). The molecule has 0 spiro atoms. The Labute approximate surface area is 196 Å². The van der Waals surface area contributed by atoms with E-state index in [4.69, 9.17) is 4.74 Å². The van der Waals surface area contributed by atoms with Crippen molar-refractivity contribution in [2.24, 2.45) is 0 Å². The molecule has 2 aliphatic heterocycles. The van der Waals surface area contributed by atoms with Crippen molar-refractivity contribution in [1.29, 1.82) is 0 Å². The second-order valence-electron chi connectivity index (χ2n) is 8.71. The summed E-state index contributed by atoms with van der Waals surface area (Å²) in [5.74, 6) is 0.235. The number of piperazine rings is 1. The van der Waals surface area contributed by atoms with Gasteiger partial charge in [0.2, 0.25) is 5.91 Å². The minimum Gasteiger partial charge on any atom is -0.494 e. The minimum absolute atomic E-state index is 0.131. The molecule has 2 aromatic carbocycles. The minimum atomic E-state index is -4.39. The summed E-state index contributed by atoms with van der Waals surface area (Å²) in [6.45, 7) is 4.86. The van der Waals surface area contributed by atoms with E-state index in [1.54, 1.807) is 30.3 Å². The van der Waals surface area contributed by atoms with Crippen LogP contribution in [-0.4, -0.2) is 50.6 Å². The van der Waals surface area contributed by atoms with Gasteiger partial charge in [0.1, 0.15) is 5.75 Å². The first kappa shape index (κ1) is 24.1. The van der Waals surface area contributed by atoms with Gasteiger partial charge in [-0.05, 0) is 48.9 Å². The van der Waals surface area contributed by atoms with Crippen LogP contribution in [-0.2, 0) is 15.8 Å². The Morgan fingerprint density at radius 2 is 1.74 bits per heavy atom. The van der Waals surface area contributed by atoms with Crippen molar-refractivity contribution in [2.45, 2.75) is 38.4 Å². The number of anilines is 2. The van der Waals surface area contributed by atoms with Gasteiger partial charge in [-0.3, -0.25) is 9.59 Å². The highest BCUT2D eigenvalue weighted by molar-refractivity contribution is 6.21. The normalized spacial score (nSPS) is 19.7. The van der Waals surface area contributed by atoms with E-state index in [1.807, 2.05) is 4.90 Å². The van der Waals surface area contributed by atoms with Crippen LogP contribution in [0.4, 0.5) is 24.5 Å². The summed E-state index contributed by atoms with van der Waals surface area (Å²) in [6.07, 6.45) is -2.27. The molecular weight excluding hydrogens is 447 g/mol. The lowest BCUT2D eigenvalue weighted by Gasteiger charge is -2.35. The number of nitrogens with zero attached hydrogens (tertiary/aromatic N) is 2. The van der Waals surface area contributed by atoms with Gasteiger partial charge < -0.3 is 14.5 Å². The van der Waals surface area contributed by atoms with E-state index < -0.39 is 17.8 Å². The number of halogens is 3. The van der Waals surface area contributed by atoms with Crippen molar-refractivity contribution < 1.29 is 32.4 Å². The highest BCUT2D eigenvalue weighted by Crippen LogP contribution is 2.31. The molecule has 1 N–H and O–H groups in total. The van der Waals surface area contributed by atoms with Gasteiger partial charge in [-0.1, -0.05) is 19.4 Å². The van der Waals surface area contributed by atoms with Gasteiger partial charge in [-0.2, -0.15) is 13.2 Å². The molecule has 2 aromatic rings. The average molecular weight is 477 g/mol. The van der Waals surface area contributed by atoms with Crippen molar-refractivity contribution in [2.75, 3.05) is 42.6 Å². The number of hydrogen-bond donors (Lipinski definition) is 1. The molecule has 2 saturated heterocycles.